The second-order valence-corrected chi connectivity index (χ2v) is 5.44. The highest BCUT2D eigenvalue weighted by atomic mass is 16.4. The molecule has 5 nitrogen and oxygen atoms in total. The first-order valence-electron chi connectivity index (χ1n) is 7.00. The minimum atomic E-state index is -0.925. The Hall–Kier alpha value is -1.88. The normalized spacial score (nSPS) is 25.3. The monoisotopic (exact) mass is 274 g/mol. The summed E-state index contributed by atoms with van der Waals surface area (Å²) in [5.74, 6) is -1.00. The van der Waals surface area contributed by atoms with Gasteiger partial charge in [0.05, 0.1) is 6.04 Å². The largest absolute Gasteiger partial charge is 0.480 e. The molecule has 0 aliphatic carbocycles. The molecule has 0 spiro atoms. The van der Waals surface area contributed by atoms with E-state index in [1.165, 1.54) is 4.90 Å². The average molecular weight is 274 g/mol. The van der Waals surface area contributed by atoms with Crippen LogP contribution in [-0.4, -0.2) is 40.5 Å². The van der Waals surface area contributed by atoms with E-state index in [1.807, 2.05) is 24.3 Å². The number of carboxylic acid groups (broad SMARTS) is 1. The maximum Gasteiger partial charge on any atom is 0.326 e. The van der Waals surface area contributed by atoms with Gasteiger partial charge in [0.2, 0.25) is 5.91 Å². The number of rotatable bonds is 2. The summed E-state index contributed by atoms with van der Waals surface area (Å²) in [6, 6.07) is 6.78. The quantitative estimate of drug-likeness (QED) is 0.836. The number of nitrogens with one attached hydrogen (secondary N) is 1. The van der Waals surface area contributed by atoms with Gasteiger partial charge in [-0.3, -0.25) is 4.79 Å². The summed E-state index contributed by atoms with van der Waals surface area (Å²) in [7, 11) is 0. The van der Waals surface area contributed by atoms with Crippen LogP contribution in [0.3, 0.4) is 0 Å². The fraction of sp³-hybridized carbons (Fsp3) is 0.467. The number of fused-ring (bicyclic) bond motifs is 1. The van der Waals surface area contributed by atoms with Crippen LogP contribution < -0.4 is 5.32 Å². The van der Waals surface area contributed by atoms with Gasteiger partial charge < -0.3 is 15.3 Å². The Balaban J connectivity index is 1.88. The minimum Gasteiger partial charge on any atom is -0.480 e. The predicted molar refractivity (Wildman–Crippen MR) is 73.1 cm³/mol. The Bertz CT molecular complexity index is 538. The van der Waals surface area contributed by atoms with Crippen molar-refractivity contribution in [3.8, 4) is 0 Å². The number of carbonyl (C=O) groups is 2. The van der Waals surface area contributed by atoms with Crippen LogP contribution >= 0.6 is 0 Å². The molecule has 0 unspecified atom stereocenters. The van der Waals surface area contributed by atoms with Gasteiger partial charge in [-0.25, -0.2) is 4.79 Å². The van der Waals surface area contributed by atoms with E-state index in [4.69, 9.17) is 0 Å². The molecule has 1 amide bonds. The second kappa shape index (κ2) is 5.25. The number of benzene rings is 1. The molecule has 106 valence electrons. The van der Waals surface area contributed by atoms with Crippen molar-refractivity contribution < 1.29 is 14.7 Å². The first kappa shape index (κ1) is 13.1. The van der Waals surface area contributed by atoms with Crippen LogP contribution in [0.4, 0.5) is 0 Å². The Kier molecular flexibility index (Phi) is 3.44. The van der Waals surface area contributed by atoms with Crippen molar-refractivity contribution in [1.82, 2.24) is 10.2 Å². The van der Waals surface area contributed by atoms with Gasteiger partial charge in [0.15, 0.2) is 0 Å². The van der Waals surface area contributed by atoms with Crippen LogP contribution in [0.15, 0.2) is 24.3 Å². The van der Waals surface area contributed by atoms with Crippen LogP contribution in [0.1, 0.15) is 24.0 Å². The zero-order chi connectivity index (χ0) is 14.1. The SMILES string of the molecule is O=C(O)[C@@H]1Cc2ccccc2CN1C(=O)[C@@H]1CCCN1. The first-order chi connectivity index (χ1) is 9.66. The fourth-order valence-corrected chi connectivity index (χ4v) is 3.07. The van der Waals surface area contributed by atoms with Crippen molar-refractivity contribution in [3.63, 3.8) is 0 Å². The van der Waals surface area contributed by atoms with Gasteiger partial charge in [-0.05, 0) is 30.5 Å². The maximum atomic E-state index is 12.5. The van der Waals surface area contributed by atoms with E-state index in [2.05, 4.69) is 5.32 Å². The summed E-state index contributed by atoms with van der Waals surface area (Å²) in [6.07, 6.45) is 2.16. The molecule has 2 heterocycles. The summed E-state index contributed by atoms with van der Waals surface area (Å²) in [6.45, 7) is 1.22. The van der Waals surface area contributed by atoms with Crippen molar-refractivity contribution in [3.05, 3.63) is 35.4 Å². The molecule has 5 heteroatoms. The topological polar surface area (TPSA) is 69.6 Å². The van der Waals surface area contributed by atoms with E-state index < -0.39 is 12.0 Å². The van der Waals surface area contributed by atoms with Gasteiger partial charge in [-0.15, -0.1) is 0 Å². The first-order valence-corrected chi connectivity index (χ1v) is 7.00. The highest BCUT2D eigenvalue weighted by Gasteiger charge is 2.37. The van der Waals surface area contributed by atoms with Crippen molar-refractivity contribution in [1.29, 1.82) is 0 Å². The Morgan fingerprint density at radius 2 is 2.00 bits per heavy atom. The molecule has 0 radical (unpaired) electrons. The third-order valence-electron chi connectivity index (χ3n) is 4.18. The van der Waals surface area contributed by atoms with E-state index in [1.54, 1.807) is 0 Å². The minimum absolute atomic E-state index is 0.0793. The van der Waals surface area contributed by atoms with E-state index in [9.17, 15) is 14.7 Å². The third kappa shape index (κ3) is 2.29. The van der Waals surface area contributed by atoms with Crippen molar-refractivity contribution in [2.75, 3.05) is 6.54 Å². The van der Waals surface area contributed by atoms with Gasteiger partial charge in [0.25, 0.3) is 0 Å². The zero-order valence-electron chi connectivity index (χ0n) is 11.2. The number of carbonyl (C=O) groups excluding carboxylic acids is 1. The molecular weight excluding hydrogens is 256 g/mol. The highest BCUT2D eigenvalue weighted by molar-refractivity contribution is 5.88. The molecule has 2 atom stereocenters. The molecule has 0 saturated carbocycles. The van der Waals surface area contributed by atoms with Gasteiger partial charge in [-0.2, -0.15) is 0 Å². The molecule has 1 aromatic carbocycles. The van der Waals surface area contributed by atoms with Crippen molar-refractivity contribution >= 4 is 11.9 Å². The number of aliphatic carboxylic acids is 1. The molecule has 1 fully saturated rings. The highest BCUT2D eigenvalue weighted by Crippen LogP contribution is 2.25. The molecule has 2 aliphatic rings. The fourth-order valence-electron chi connectivity index (χ4n) is 3.07. The average Bonchev–Trinajstić information content (AvgIpc) is 2.99. The molecule has 0 bridgehead atoms. The van der Waals surface area contributed by atoms with Gasteiger partial charge in [0.1, 0.15) is 6.04 Å². The zero-order valence-corrected chi connectivity index (χ0v) is 11.2. The van der Waals surface area contributed by atoms with Gasteiger partial charge in [0, 0.05) is 13.0 Å². The Labute approximate surface area is 117 Å². The molecular formula is C15H18N2O3. The lowest BCUT2D eigenvalue weighted by atomic mass is 9.93. The molecule has 2 aliphatic heterocycles. The molecule has 1 saturated heterocycles. The lowest BCUT2D eigenvalue weighted by Gasteiger charge is -2.36. The molecule has 1 aromatic rings. The summed E-state index contributed by atoms with van der Waals surface area (Å²) >= 11 is 0. The lowest BCUT2D eigenvalue weighted by molar-refractivity contribution is -0.152. The molecule has 2 N–H and O–H groups in total. The van der Waals surface area contributed by atoms with Gasteiger partial charge in [-0.1, -0.05) is 24.3 Å². The Morgan fingerprint density at radius 3 is 2.65 bits per heavy atom. The summed E-state index contributed by atoms with van der Waals surface area (Å²) in [5.41, 5.74) is 2.08. The van der Waals surface area contributed by atoms with E-state index in [0.717, 1.165) is 30.5 Å². The summed E-state index contributed by atoms with van der Waals surface area (Å²) in [4.78, 5) is 25.5. The van der Waals surface area contributed by atoms with Crippen LogP contribution in [0.2, 0.25) is 0 Å². The van der Waals surface area contributed by atoms with E-state index in [-0.39, 0.29) is 11.9 Å². The summed E-state index contributed by atoms with van der Waals surface area (Å²) < 4.78 is 0. The van der Waals surface area contributed by atoms with Crippen LogP contribution in [0.5, 0.6) is 0 Å². The second-order valence-electron chi connectivity index (χ2n) is 5.44. The van der Waals surface area contributed by atoms with Crippen LogP contribution in [0.25, 0.3) is 0 Å². The number of hydrogen-bond acceptors (Lipinski definition) is 3. The standard InChI is InChI=1S/C15H18N2O3/c18-14(12-6-3-7-16-12)17-9-11-5-2-1-4-10(11)8-13(17)15(19)20/h1-2,4-5,12-13,16H,3,6-9H2,(H,19,20)/t12-,13-/m0/s1. The van der Waals surface area contributed by atoms with E-state index in [0.29, 0.717) is 13.0 Å². The maximum absolute atomic E-state index is 12.5. The lowest BCUT2D eigenvalue weighted by Crippen LogP contribution is -2.53. The predicted octanol–water partition coefficient (Wildman–Crippen LogP) is 0.776. The summed E-state index contributed by atoms with van der Waals surface area (Å²) in [5, 5.41) is 12.6. The van der Waals surface area contributed by atoms with Crippen molar-refractivity contribution in [2.45, 2.75) is 37.9 Å². The number of carboxylic acids is 1. The van der Waals surface area contributed by atoms with Gasteiger partial charge >= 0.3 is 5.97 Å². The molecule has 0 aromatic heterocycles. The smallest absolute Gasteiger partial charge is 0.326 e. The van der Waals surface area contributed by atoms with E-state index >= 15 is 0 Å². The van der Waals surface area contributed by atoms with Crippen LogP contribution in [0, 0.1) is 0 Å². The number of nitrogens with zero attached hydrogens (tertiary/aromatic N) is 1. The number of amides is 1. The Morgan fingerprint density at radius 1 is 1.25 bits per heavy atom. The van der Waals surface area contributed by atoms with Crippen molar-refractivity contribution in [2.24, 2.45) is 0 Å². The number of hydrogen-bond donors (Lipinski definition) is 2. The van der Waals surface area contributed by atoms with Crippen LogP contribution in [-0.2, 0) is 22.6 Å². The molecule has 20 heavy (non-hydrogen) atoms. The molecule has 3 rings (SSSR count). The third-order valence-corrected chi connectivity index (χ3v) is 4.18.